The summed E-state index contributed by atoms with van der Waals surface area (Å²) in [5.41, 5.74) is 0.897. The van der Waals surface area contributed by atoms with Crippen molar-refractivity contribution in [3.8, 4) is 5.75 Å². The molecule has 20 heavy (non-hydrogen) atoms. The summed E-state index contributed by atoms with van der Waals surface area (Å²) < 4.78 is 5.71. The molecule has 0 saturated heterocycles. The van der Waals surface area contributed by atoms with Crippen LogP contribution in [-0.4, -0.2) is 24.0 Å². The van der Waals surface area contributed by atoms with Crippen LogP contribution in [0.5, 0.6) is 5.75 Å². The zero-order chi connectivity index (χ0) is 14.7. The second kappa shape index (κ2) is 6.24. The first-order valence-electron chi connectivity index (χ1n) is 6.09. The van der Waals surface area contributed by atoms with Crippen LogP contribution in [0.25, 0.3) is 0 Å². The Kier molecular flexibility index (Phi) is 4.62. The molecule has 1 heterocycles. The fraction of sp³-hybridized carbons (Fsp3) is 0.286. The number of nitrogens with zero attached hydrogens (tertiary/aromatic N) is 2. The van der Waals surface area contributed by atoms with E-state index in [1.54, 1.807) is 38.4 Å². The van der Waals surface area contributed by atoms with Gasteiger partial charge in [0.25, 0.3) is 5.91 Å². The van der Waals surface area contributed by atoms with Crippen molar-refractivity contribution in [2.75, 3.05) is 11.9 Å². The number of aryl methyl sites for hydroxylation is 1. The van der Waals surface area contributed by atoms with Gasteiger partial charge in [-0.3, -0.25) is 9.69 Å². The van der Waals surface area contributed by atoms with E-state index in [1.807, 2.05) is 12.3 Å². The Labute approximate surface area is 127 Å². The number of rotatable bonds is 4. The predicted molar refractivity (Wildman–Crippen MR) is 81.8 cm³/mol. The number of aromatic nitrogens is 1. The largest absolute Gasteiger partial charge is 0.481 e. The first kappa shape index (κ1) is 14.8. The number of anilines is 1. The molecule has 1 atom stereocenters. The van der Waals surface area contributed by atoms with E-state index in [1.165, 1.54) is 16.2 Å². The quantitative estimate of drug-likeness (QED) is 0.867. The predicted octanol–water partition coefficient (Wildman–Crippen LogP) is 3.54. The van der Waals surface area contributed by atoms with Gasteiger partial charge in [-0.1, -0.05) is 11.6 Å². The molecule has 6 heteroatoms. The second-order valence-electron chi connectivity index (χ2n) is 4.38. The highest BCUT2D eigenvalue weighted by atomic mass is 35.5. The van der Waals surface area contributed by atoms with Crippen LogP contribution in [0.3, 0.4) is 0 Å². The molecular formula is C14H15ClN2O2S. The van der Waals surface area contributed by atoms with E-state index in [9.17, 15) is 4.79 Å². The van der Waals surface area contributed by atoms with Crippen LogP contribution < -0.4 is 9.64 Å². The van der Waals surface area contributed by atoms with Crippen molar-refractivity contribution in [1.29, 1.82) is 0 Å². The molecule has 0 aliphatic heterocycles. The number of hydrogen-bond acceptors (Lipinski definition) is 4. The van der Waals surface area contributed by atoms with Crippen molar-refractivity contribution < 1.29 is 9.53 Å². The van der Waals surface area contributed by atoms with Crippen molar-refractivity contribution in [2.45, 2.75) is 20.0 Å². The van der Waals surface area contributed by atoms with Crippen LogP contribution in [0.4, 0.5) is 5.13 Å². The van der Waals surface area contributed by atoms with Crippen LogP contribution in [0.2, 0.25) is 5.02 Å². The molecule has 0 fully saturated rings. The smallest absolute Gasteiger partial charge is 0.269 e. The average molecular weight is 311 g/mol. The van der Waals surface area contributed by atoms with Crippen molar-refractivity contribution in [3.05, 3.63) is 40.4 Å². The molecule has 2 rings (SSSR count). The Bertz CT molecular complexity index is 601. The Balaban J connectivity index is 2.07. The molecule has 1 amide bonds. The van der Waals surface area contributed by atoms with Crippen LogP contribution in [0.1, 0.15) is 12.5 Å². The van der Waals surface area contributed by atoms with E-state index in [-0.39, 0.29) is 5.91 Å². The minimum Gasteiger partial charge on any atom is -0.481 e. The number of carbonyl (C=O) groups is 1. The van der Waals surface area contributed by atoms with Crippen LogP contribution in [-0.2, 0) is 4.79 Å². The highest BCUT2D eigenvalue weighted by Crippen LogP contribution is 2.24. The number of carbonyl (C=O) groups excluding carboxylic acids is 1. The minimum atomic E-state index is -0.594. The Morgan fingerprint density at radius 2 is 2.25 bits per heavy atom. The topological polar surface area (TPSA) is 42.4 Å². The van der Waals surface area contributed by atoms with Crippen LogP contribution in [0.15, 0.2) is 29.8 Å². The molecule has 0 saturated carbocycles. The van der Waals surface area contributed by atoms with Gasteiger partial charge in [0, 0.05) is 23.6 Å². The summed E-state index contributed by atoms with van der Waals surface area (Å²) in [5, 5.41) is 3.13. The van der Waals surface area contributed by atoms with Gasteiger partial charge >= 0.3 is 0 Å². The molecule has 1 aromatic heterocycles. The first-order chi connectivity index (χ1) is 9.49. The average Bonchev–Trinajstić information content (AvgIpc) is 2.94. The van der Waals surface area contributed by atoms with Gasteiger partial charge in [0.05, 0.1) is 0 Å². The lowest BCUT2D eigenvalue weighted by Crippen LogP contribution is -2.38. The molecule has 0 aliphatic carbocycles. The molecule has 1 aromatic carbocycles. The van der Waals surface area contributed by atoms with Crippen molar-refractivity contribution >= 4 is 34.0 Å². The van der Waals surface area contributed by atoms with E-state index in [2.05, 4.69) is 4.98 Å². The molecular weight excluding hydrogens is 296 g/mol. The second-order valence-corrected chi connectivity index (χ2v) is 5.69. The number of thiazole rings is 1. The maximum absolute atomic E-state index is 12.3. The van der Waals surface area contributed by atoms with Gasteiger partial charge in [-0.2, -0.15) is 0 Å². The molecule has 4 nitrogen and oxygen atoms in total. The molecule has 0 unspecified atom stereocenters. The summed E-state index contributed by atoms with van der Waals surface area (Å²) in [4.78, 5) is 17.9. The van der Waals surface area contributed by atoms with Crippen molar-refractivity contribution in [1.82, 2.24) is 4.98 Å². The molecule has 2 aromatic rings. The Morgan fingerprint density at radius 3 is 2.85 bits per heavy atom. The standard InChI is InChI=1S/C14H15ClN2O2S/c1-9-8-11(15)4-5-12(9)19-10(2)13(18)17(3)14-16-6-7-20-14/h4-8,10H,1-3H3/t10-/m1/s1. The van der Waals surface area contributed by atoms with Gasteiger partial charge < -0.3 is 4.74 Å². The number of benzene rings is 1. The lowest BCUT2D eigenvalue weighted by molar-refractivity contribution is -0.124. The number of hydrogen-bond donors (Lipinski definition) is 0. The third-order valence-electron chi connectivity index (χ3n) is 2.83. The minimum absolute atomic E-state index is 0.144. The summed E-state index contributed by atoms with van der Waals surface area (Å²) in [7, 11) is 1.69. The van der Waals surface area contributed by atoms with E-state index in [0.29, 0.717) is 15.9 Å². The monoisotopic (exact) mass is 310 g/mol. The summed E-state index contributed by atoms with van der Waals surface area (Å²) >= 11 is 7.31. The fourth-order valence-corrected chi connectivity index (χ4v) is 2.57. The highest BCUT2D eigenvalue weighted by molar-refractivity contribution is 7.13. The van der Waals surface area contributed by atoms with E-state index >= 15 is 0 Å². The lowest BCUT2D eigenvalue weighted by Gasteiger charge is -2.20. The van der Waals surface area contributed by atoms with Gasteiger partial charge in [-0.25, -0.2) is 4.98 Å². The number of halogens is 1. The third kappa shape index (κ3) is 3.29. The number of amides is 1. The zero-order valence-electron chi connectivity index (χ0n) is 11.5. The third-order valence-corrected chi connectivity index (χ3v) is 3.91. The number of ether oxygens (including phenoxy) is 1. The van der Waals surface area contributed by atoms with E-state index < -0.39 is 6.10 Å². The van der Waals surface area contributed by atoms with Crippen LogP contribution >= 0.6 is 22.9 Å². The summed E-state index contributed by atoms with van der Waals surface area (Å²) in [6, 6.07) is 5.31. The molecule has 0 aliphatic rings. The molecule has 0 bridgehead atoms. The van der Waals surface area contributed by atoms with Gasteiger partial charge in [0.1, 0.15) is 5.75 Å². The van der Waals surface area contributed by atoms with Crippen LogP contribution in [0, 0.1) is 6.92 Å². The van der Waals surface area contributed by atoms with Crippen molar-refractivity contribution in [3.63, 3.8) is 0 Å². The maximum atomic E-state index is 12.3. The normalized spacial score (nSPS) is 12.0. The first-order valence-corrected chi connectivity index (χ1v) is 7.34. The number of likely N-dealkylation sites (N-methyl/N-ethyl adjacent to an activating group) is 1. The molecule has 0 N–H and O–H groups in total. The molecule has 0 spiro atoms. The maximum Gasteiger partial charge on any atom is 0.269 e. The summed E-state index contributed by atoms with van der Waals surface area (Å²) in [5.74, 6) is 0.511. The Hall–Kier alpha value is -1.59. The lowest BCUT2D eigenvalue weighted by atomic mass is 10.2. The SMILES string of the molecule is Cc1cc(Cl)ccc1O[C@H](C)C(=O)N(C)c1nccs1. The van der Waals surface area contributed by atoms with Gasteiger partial charge in [0.2, 0.25) is 0 Å². The van der Waals surface area contributed by atoms with Gasteiger partial charge in [0.15, 0.2) is 11.2 Å². The fourth-order valence-electron chi connectivity index (χ4n) is 1.73. The van der Waals surface area contributed by atoms with E-state index in [0.717, 1.165) is 5.56 Å². The summed E-state index contributed by atoms with van der Waals surface area (Å²) in [6.07, 6.45) is 1.07. The van der Waals surface area contributed by atoms with Gasteiger partial charge in [-0.05, 0) is 37.6 Å². The highest BCUT2D eigenvalue weighted by Gasteiger charge is 2.22. The zero-order valence-corrected chi connectivity index (χ0v) is 13.0. The Morgan fingerprint density at radius 1 is 1.50 bits per heavy atom. The van der Waals surface area contributed by atoms with Gasteiger partial charge in [-0.15, -0.1) is 11.3 Å². The van der Waals surface area contributed by atoms with E-state index in [4.69, 9.17) is 16.3 Å². The molecule has 0 radical (unpaired) electrons. The van der Waals surface area contributed by atoms with Crippen molar-refractivity contribution in [2.24, 2.45) is 0 Å². The summed E-state index contributed by atoms with van der Waals surface area (Å²) in [6.45, 7) is 3.61. The molecule has 106 valence electrons.